The van der Waals surface area contributed by atoms with Crippen LogP contribution in [0, 0.1) is 5.92 Å². The molecule has 2 atom stereocenters. The Morgan fingerprint density at radius 1 is 1.38 bits per heavy atom. The van der Waals surface area contributed by atoms with E-state index in [1.165, 1.54) is 0 Å². The molecular formula is C10H20O3. The van der Waals surface area contributed by atoms with Crippen molar-refractivity contribution in [3.8, 4) is 0 Å². The zero-order valence-electron chi connectivity index (χ0n) is 8.91. The van der Waals surface area contributed by atoms with E-state index in [9.17, 15) is 9.90 Å². The van der Waals surface area contributed by atoms with Crippen molar-refractivity contribution in [1.82, 2.24) is 0 Å². The third-order valence-electron chi connectivity index (χ3n) is 1.80. The molecule has 1 N–H and O–H groups in total. The summed E-state index contributed by atoms with van der Waals surface area (Å²) in [6.07, 6.45) is 0.137. The summed E-state index contributed by atoms with van der Waals surface area (Å²) in [6.45, 7) is 7.45. The van der Waals surface area contributed by atoms with Gasteiger partial charge in [0.25, 0.3) is 0 Å². The normalized spacial score (nSPS) is 15.5. The smallest absolute Gasteiger partial charge is 0.306 e. The van der Waals surface area contributed by atoms with Gasteiger partial charge < -0.3 is 9.84 Å². The van der Waals surface area contributed by atoms with Gasteiger partial charge in [0.15, 0.2) is 0 Å². The molecule has 0 aromatic carbocycles. The Morgan fingerprint density at radius 3 is 2.23 bits per heavy atom. The van der Waals surface area contributed by atoms with Gasteiger partial charge in [-0.2, -0.15) is 0 Å². The van der Waals surface area contributed by atoms with E-state index in [0.717, 1.165) is 0 Å². The summed E-state index contributed by atoms with van der Waals surface area (Å²) >= 11 is 0. The predicted molar refractivity (Wildman–Crippen MR) is 51.3 cm³/mol. The van der Waals surface area contributed by atoms with Crippen LogP contribution in [0.1, 0.15) is 40.5 Å². The Kier molecular flexibility index (Phi) is 5.71. The molecule has 13 heavy (non-hydrogen) atoms. The second kappa shape index (κ2) is 5.97. The van der Waals surface area contributed by atoms with Crippen LogP contribution in [0.3, 0.4) is 0 Å². The average Bonchev–Trinajstić information content (AvgIpc) is 1.98. The molecule has 0 aliphatic carbocycles. The van der Waals surface area contributed by atoms with Crippen LogP contribution >= 0.6 is 0 Å². The van der Waals surface area contributed by atoms with Crippen LogP contribution in [0.15, 0.2) is 0 Å². The lowest BCUT2D eigenvalue weighted by molar-refractivity contribution is -0.155. The van der Waals surface area contributed by atoms with Crippen molar-refractivity contribution in [2.24, 2.45) is 5.92 Å². The van der Waals surface area contributed by atoms with E-state index in [-0.39, 0.29) is 12.1 Å². The molecule has 0 rings (SSSR count). The molecule has 0 aromatic heterocycles. The molecule has 0 aliphatic heterocycles. The topological polar surface area (TPSA) is 46.5 Å². The number of aliphatic hydroxyl groups is 1. The summed E-state index contributed by atoms with van der Waals surface area (Å²) < 4.78 is 5.08. The third-order valence-corrected chi connectivity index (χ3v) is 1.80. The minimum Gasteiger partial charge on any atom is -0.460 e. The molecule has 0 fully saturated rings. The molecule has 0 bridgehead atoms. The Hall–Kier alpha value is -0.570. The van der Waals surface area contributed by atoms with Crippen molar-refractivity contribution >= 4 is 5.97 Å². The zero-order valence-corrected chi connectivity index (χ0v) is 8.91. The van der Waals surface area contributed by atoms with Gasteiger partial charge in [0.2, 0.25) is 0 Å². The zero-order chi connectivity index (χ0) is 10.4. The van der Waals surface area contributed by atoms with Gasteiger partial charge >= 0.3 is 5.97 Å². The van der Waals surface area contributed by atoms with Gasteiger partial charge in [0.05, 0.1) is 6.10 Å². The minimum atomic E-state index is -0.582. The lowest BCUT2D eigenvalue weighted by Crippen LogP contribution is -2.28. The fourth-order valence-electron chi connectivity index (χ4n) is 1.07. The number of hydrogen-bond donors (Lipinski definition) is 1. The second-order valence-electron chi connectivity index (χ2n) is 3.78. The molecule has 3 nitrogen and oxygen atoms in total. The van der Waals surface area contributed by atoms with Gasteiger partial charge in [-0.15, -0.1) is 0 Å². The van der Waals surface area contributed by atoms with E-state index in [1.807, 2.05) is 20.8 Å². The number of rotatable bonds is 5. The van der Waals surface area contributed by atoms with Crippen molar-refractivity contribution in [1.29, 1.82) is 0 Å². The molecule has 78 valence electrons. The third kappa shape index (κ3) is 5.64. The van der Waals surface area contributed by atoms with E-state index < -0.39 is 6.10 Å². The lowest BCUT2D eigenvalue weighted by atomic mass is 10.1. The molecule has 2 unspecified atom stereocenters. The molecule has 0 saturated carbocycles. The highest BCUT2D eigenvalue weighted by molar-refractivity contribution is 5.69. The maximum atomic E-state index is 11.2. The SMILES string of the molecule is CCC(OC(=O)CC(C)C)C(C)O. The highest BCUT2D eigenvalue weighted by Crippen LogP contribution is 2.08. The molecule has 0 heterocycles. The van der Waals surface area contributed by atoms with Crippen molar-refractivity contribution in [2.75, 3.05) is 0 Å². The summed E-state index contributed by atoms with van der Waals surface area (Å²) in [5, 5.41) is 9.22. The van der Waals surface area contributed by atoms with Crippen LogP contribution in [0.2, 0.25) is 0 Å². The molecule has 0 aromatic rings. The van der Waals surface area contributed by atoms with E-state index in [0.29, 0.717) is 18.8 Å². The first kappa shape index (κ1) is 12.4. The summed E-state index contributed by atoms with van der Waals surface area (Å²) in [7, 11) is 0. The first-order chi connectivity index (χ1) is 5.97. The van der Waals surface area contributed by atoms with Crippen molar-refractivity contribution in [3.05, 3.63) is 0 Å². The monoisotopic (exact) mass is 188 g/mol. The number of carbonyl (C=O) groups is 1. The largest absolute Gasteiger partial charge is 0.460 e. The Bertz CT molecular complexity index is 152. The standard InChI is InChI=1S/C10H20O3/c1-5-9(8(4)11)13-10(12)6-7(2)3/h7-9,11H,5-6H2,1-4H3. The quantitative estimate of drug-likeness (QED) is 0.668. The van der Waals surface area contributed by atoms with Crippen LogP contribution in [-0.2, 0) is 9.53 Å². The van der Waals surface area contributed by atoms with Crippen molar-refractivity contribution in [2.45, 2.75) is 52.7 Å². The van der Waals surface area contributed by atoms with Gasteiger partial charge in [-0.3, -0.25) is 4.79 Å². The van der Waals surface area contributed by atoms with Gasteiger partial charge in [-0.25, -0.2) is 0 Å². The van der Waals surface area contributed by atoms with Crippen molar-refractivity contribution in [3.63, 3.8) is 0 Å². The Labute approximate surface area is 80.1 Å². The highest BCUT2D eigenvalue weighted by Gasteiger charge is 2.17. The molecule has 0 saturated heterocycles. The molecule has 0 radical (unpaired) electrons. The Balaban J connectivity index is 3.87. The van der Waals surface area contributed by atoms with E-state index in [1.54, 1.807) is 6.92 Å². The van der Waals surface area contributed by atoms with Crippen LogP contribution in [0.25, 0.3) is 0 Å². The van der Waals surface area contributed by atoms with Gasteiger partial charge in [0, 0.05) is 6.42 Å². The van der Waals surface area contributed by atoms with E-state index in [2.05, 4.69) is 0 Å². The molecule has 3 heteroatoms. The number of aliphatic hydroxyl groups excluding tert-OH is 1. The second-order valence-corrected chi connectivity index (χ2v) is 3.78. The molecular weight excluding hydrogens is 168 g/mol. The lowest BCUT2D eigenvalue weighted by Gasteiger charge is -2.19. The Morgan fingerprint density at radius 2 is 1.92 bits per heavy atom. The highest BCUT2D eigenvalue weighted by atomic mass is 16.6. The van der Waals surface area contributed by atoms with Crippen molar-refractivity contribution < 1.29 is 14.6 Å². The van der Waals surface area contributed by atoms with Crippen LogP contribution in [0.5, 0.6) is 0 Å². The maximum Gasteiger partial charge on any atom is 0.306 e. The fraction of sp³-hybridized carbons (Fsp3) is 0.900. The van der Waals surface area contributed by atoms with Crippen LogP contribution < -0.4 is 0 Å². The van der Waals surface area contributed by atoms with E-state index >= 15 is 0 Å². The maximum absolute atomic E-state index is 11.2. The summed E-state index contributed by atoms with van der Waals surface area (Å²) in [6, 6.07) is 0. The number of carbonyl (C=O) groups excluding carboxylic acids is 1. The molecule has 0 spiro atoms. The molecule has 0 amide bonds. The first-order valence-electron chi connectivity index (χ1n) is 4.84. The summed E-state index contributed by atoms with van der Waals surface area (Å²) in [5.74, 6) is 0.0850. The van der Waals surface area contributed by atoms with Gasteiger partial charge in [-0.05, 0) is 19.3 Å². The van der Waals surface area contributed by atoms with E-state index in [4.69, 9.17) is 4.74 Å². The summed E-state index contributed by atoms with van der Waals surface area (Å²) in [5.41, 5.74) is 0. The number of hydrogen-bond acceptors (Lipinski definition) is 3. The number of ether oxygens (including phenoxy) is 1. The minimum absolute atomic E-state index is 0.220. The fourth-order valence-corrected chi connectivity index (χ4v) is 1.07. The number of esters is 1. The van der Waals surface area contributed by atoms with Crippen LogP contribution in [0.4, 0.5) is 0 Å². The van der Waals surface area contributed by atoms with Gasteiger partial charge in [0.1, 0.15) is 6.10 Å². The average molecular weight is 188 g/mol. The molecule has 0 aliphatic rings. The predicted octanol–water partition coefficient (Wildman–Crippen LogP) is 1.74. The van der Waals surface area contributed by atoms with Gasteiger partial charge in [-0.1, -0.05) is 20.8 Å². The first-order valence-corrected chi connectivity index (χ1v) is 4.84. The summed E-state index contributed by atoms with van der Waals surface area (Å²) in [4.78, 5) is 11.2. The van der Waals surface area contributed by atoms with Crippen LogP contribution in [-0.4, -0.2) is 23.3 Å².